The second-order valence-corrected chi connectivity index (χ2v) is 5.13. The number of rotatable bonds is 9. The molecule has 0 aliphatic heterocycles. The van der Waals surface area contributed by atoms with E-state index in [2.05, 4.69) is 14.8 Å². The zero-order chi connectivity index (χ0) is 15.5. The van der Waals surface area contributed by atoms with Crippen LogP contribution in [0.1, 0.15) is 5.56 Å². The van der Waals surface area contributed by atoms with E-state index in [0.29, 0.717) is 18.9 Å². The molecule has 7 nitrogen and oxygen atoms in total. The number of hydrogen-bond donors (Lipinski definition) is 1. The highest BCUT2D eigenvalue weighted by atomic mass is 32.2. The minimum absolute atomic E-state index is 0.295. The first kappa shape index (κ1) is 17.2. The lowest BCUT2D eigenvalue weighted by atomic mass is 10.2. The molecule has 0 aromatic heterocycles. The number of thioether (sulfide) groups is 1. The lowest BCUT2D eigenvalue weighted by Crippen LogP contribution is -2.33. The summed E-state index contributed by atoms with van der Waals surface area (Å²) in [5.41, 5.74) is 14.9. The van der Waals surface area contributed by atoms with Gasteiger partial charge in [-0.25, -0.2) is 0 Å². The van der Waals surface area contributed by atoms with Crippen molar-refractivity contribution in [3.63, 3.8) is 0 Å². The molecule has 0 saturated carbocycles. The van der Waals surface area contributed by atoms with Crippen molar-refractivity contribution in [2.24, 2.45) is 10.8 Å². The summed E-state index contributed by atoms with van der Waals surface area (Å²) < 4.78 is 10.0. The molecule has 0 unspecified atom stereocenters. The summed E-state index contributed by atoms with van der Waals surface area (Å²) in [7, 11) is 1.32. The fourth-order valence-corrected chi connectivity index (χ4v) is 2.42. The third kappa shape index (κ3) is 6.89. The molecule has 0 aliphatic rings. The molecule has 0 heterocycles. The van der Waals surface area contributed by atoms with E-state index in [1.807, 2.05) is 24.3 Å². The van der Waals surface area contributed by atoms with Crippen molar-refractivity contribution in [1.82, 2.24) is 0 Å². The Kier molecular flexibility index (Phi) is 8.11. The minimum atomic E-state index is -0.608. The van der Waals surface area contributed by atoms with Crippen LogP contribution in [0.4, 0.5) is 0 Å². The number of benzene rings is 1. The molecule has 0 aliphatic carbocycles. The number of hydrogen-bond acceptors (Lipinski definition) is 6. The first-order valence-electron chi connectivity index (χ1n) is 6.31. The summed E-state index contributed by atoms with van der Waals surface area (Å²) in [4.78, 5) is 13.8. The second-order valence-electron chi connectivity index (χ2n) is 4.10. The van der Waals surface area contributed by atoms with Crippen molar-refractivity contribution in [2.45, 2.75) is 11.8 Å². The SMILES string of the molecule is COC(=O)[C@H](N)CSCc1cccc(OCCN=[N+]=[N-])c1. The first-order chi connectivity index (χ1) is 10.2. The van der Waals surface area contributed by atoms with Crippen LogP contribution in [-0.2, 0) is 15.3 Å². The van der Waals surface area contributed by atoms with Gasteiger partial charge in [-0.2, -0.15) is 11.8 Å². The maximum absolute atomic E-state index is 11.2. The zero-order valence-corrected chi connectivity index (χ0v) is 12.6. The van der Waals surface area contributed by atoms with Gasteiger partial charge in [0, 0.05) is 16.4 Å². The average Bonchev–Trinajstić information content (AvgIpc) is 2.51. The van der Waals surface area contributed by atoms with E-state index >= 15 is 0 Å². The highest BCUT2D eigenvalue weighted by Gasteiger charge is 2.13. The number of nitrogens with two attached hydrogens (primary N) is 1. The van der Waals surface area contributed by atoms with Crippen LogP contribution < -0.4 is 10.5 Å². The van der Waals surface area contributed by atoms with Crippen LogP contribution in [0.25, 0.3) is 10.4 Å². The molecule has 1 atom stereocenters. The third-order valence-electron chi connectivity index (χ3n) is 2.49. The Morgan fingerprint density at radius 2 is 2.38 bits per heavy atom. The fourth-order valence-electron chi connectivity index (χ4n) is 1.50. The standard InChI is InChI=1S/C13H18N4O3S/c1-19-13(18)12(14)9-21-8-10-3-2-4-11(7-10)20-6-5-16-17-15/h2-4,7,12H,5-6,8-9,14H2,1H3/t12-/m1/s1. The molecule has 0 amide bonds. The number of methoxy groups -OCH3 is 1. The van der Waals surface area contributed by atoms with Crippen LogP contribution in [0, 0.1) is 0 Å². The van der Waals surface area contributed by atoms with Crippen molar-refractivity contribution in [2.75, 3.05) is 26.0 Å². The molecule has 8 heteroatoms. The van der Waals surface area contributed by atoms with Gasteiger partial charge in [0.25, 0.3) is 0 Å². The van der Waals surface area contributed by atoms with Crippen LogP contribution in [0.15, 0.2) is 29.4 Å². The largest absolute Gasteiger partial charge is 0.493 e. The summed E-state index contributed by atoms with van der Waals surface area (Å²) in [6.07, 6.45) is 0. The number of azide groups is 1. The maximum Gasteiger partial charge on any atom is 0.323 e. The Balaban J connectivity index is 2.38. The molecule has 2 N–H and O–H groups in total. The molecule has 0 spiro atoms. The van der Waals surface area contributed by atoms with Crippen molar-refractivity contribution >= 4 is 17.7 Å². The van der Waals surface area contributed by atoms with E-state index in [1.165, 1.54) is 7.11 Å². The molecular weight excluding hydrogens is 292 g/mol. The van der Waals surface area contributed by atoms with E-state index in [4.69, 9.17) is 16.0 Å². The van der Waals surface area contributed by atoms with Crippen LogP contribution in [0.2, 0.25) is 0 Å². The van der Waals surface area contributed by atoms with Crippen molar-refractivity contribution < 1.29 is 14.3 Å². The smallest absolute Gasteiger partial charge is 0.323 e. The van der Waals surface area contributed by atoms with Gasteiger partial charge in [0.05, 0.1) is 20.3 Å². The summed E-state index contributed by atoms with van der Waals surface area (Å²) in [5.74, 6) is 1.53. The Morgan fingerprint density at radius 3 is 3.10 bits per heavy atom. The van der Waals surface area contributed by atoms with Gasteiger partial charge in [-0.05, 0) is 23.2 Å². The quantitative estimate of drug-likeness (QED) is 0.247. The maximum atomic E-state index is 11.2. The topological polar surface area (TPSA) is 110 Å². The zero-order valence-electron chi connectivity index (χ0n) is 11.8. The Labute approximate surface area is 127 Å². The second kappa shape index (κ2) is 9.93. The van der Waals surface area contributed by atoms with Crippen molar-refractivity contribution in [3.8, 4) is 5.75 Å². The van der Waals surface area contributed by atoms with Gasteiger partial charge < -0.3 is 15.2 Å². The normalized spacial score (nSPS) is 11.3. The Morgan fingerprint density at radius 1 is 1.57 bits per heavy atom. The van der Waals surface area contributed by atoms with E-state index in [1.54, 1.807) is 11.8 Å². The summed E-state index contributed by atoms with van der Waals surface area (Å²) in [6.45, 7) is 0.636. The summed E-state index contributed by atoms with van der Waals surface area (Å²) in [6, 6.07) is 7.00. The lowest BCUT2D eigenvalue weighted by Gasteiger charge is -2.09. The fraction of sp³-hybridized carbons (Fsp3) is 0.462. The van der Waals surface area contributed by atoms with Gasteiger partial charge in [-0.1, -0.05) is 17.2 Å². The van der Waals surface area contributed by atoms with Crippen molar-refractivity contribution in [1.29, 1.82) is 0 Å². The van der Waals surface area contributed by atoms with Gasteiger partial charge in [0.1, 0.15) is 11.8 Å². The molecule has 0 bridgehead atoms. The molecule has 0 radical (unpaired) electrons. The van der Waals surface area contributed by atoms with Crippen LogP contribution >= 0.6 is 11.8 Å². The molecule has 0 fully saturated rings. The summed E-state index contributed by atoms with van der Waals surface area (Å²) in [5, 5.41) is 3.40. The molecule has 21 heavy (non-hydrogen) atoms. The molecule has 1 rings (SSSR count). The molecular formula is C13H18N4O3S. The third-order valence-corrected chi connectivity index (χ3v) is 3.62. The Bertz CT molecular complexity index is 506. The molecule has 1 aromatic carbocycles. The average molecular weight is 310 g/mol. The van der Waals surface area contributed by atoms with Crippen LogP contribution in [0.3, 0.4) is 0 Å². The minimum Gasteiger partial charge on any atom is -0.493 e. The van der Waals surface area contributed by atoms with Crippen molar-refractivity contribution in [3.05, 3.63) is 40.3 Å². The van der Waals surface area contributed by atoms with E-state index in [9.17, 15) is 4.79 Å². The lowest BCUT2D eigenvalue weighted by molar-refractivity contribution is -0.141. The highest BCUT2D eigenvalue weighted by molar-refractivity contribution is 7.98. The van der Waals surface area contributed by atoms with E-state index in [-0.39, 0.29) is 0 Å². The predicted molar refractivity (Wildman–Crippen MR) is 82.1 cm³/mol. The monoisotopic (exact) mass is 310 g/mol. The van der Waals surface area contributed by atoms with Gasteiger partial charge in [-0.15, -0.1) is 0 Å². The van der Waals surface area contributed by atoms with E-state index in [0.717, 1.165) is 17.1 Å². The van der Waals surface area contributed by atoms with Crippen LogP contribution in [0.5, 0.6) is 5.75 Å². The number of esters is 1. The van der Waals surface area contributed by atoms with Gasteiger partial charge in [-0.3, -0.25) is 4.79 Å². The van der Waals surface area contributed by atoms with Crippen LogP contribution in [-0.4, -0.2) is 38.0 Å². The van der Waals surface area contributed by atoms with Gasteiger partial charge in [0.15, 0.2) is 0 Å². The Hall–Kier alpha value is -1.89. The molecule has 114 valence electrons. The highest BCUT2D eigenvalue weighted by Crippen LogP contribution is 2.18. The van der Waals surface area contributed by atoms with Gasteiger partial charge in [0.2, 0.25) is 0 Å². The summed E-state index contributed by atoms with van der Waals surface area (Å²) >= 11 is 1.55. The first-order valence-corrected chi connectivity index (χ1v) is 7.46. The van der Waals surface area contributed by atoms with E-state index < -0.39 is 12.0 Å². The number of nitrogens with zero attached hydrogens (tertiary/aromatic N) is 3. The molecule has 0 saturated heterocycles. The molecule has 1 aromatic rings. The number of ether oxygens (including phenoxy) is 2. The number of carbonyl (C=O) groups excluding carboxylic acids is 1. The number of carbonyl (C=O) groups is 1. The predicted octanol–water partition coefficient (Wildman–Crippen LogP) is 2.11. The van der Waals surface area contributed by atoms with Gasteiger partial charge >= 0.3 is 5.97 Å².